The maximum atomic E-state index is 12.3. The van der Waals surface area contributed by atoms with Crippen molar-refractivity contribution >= 4 is 5.52 Å². The van der Waals surface area contributed by atoms with Crippen LogP contribution in [0.2, 0.25) is 0 Å². The van der Waals surface area contributed by atoms with Gasteiger partial charge in [0, 0.05) is 30.8 Å². The first-order valence-electron chi connectivity index (χ1n) is 9.76. The molecular weight excluding hydrogens is 362 g/mol. The van der Waals surface area contributed by atoms with Crippen LogP contribution in [0.4, 0.5) is 0 Å². The Hall–Kier alpha value is -3.72. The van der Waals surface area contributed by atoms with Gasteiger partial charge in [0.2, 0.25) is 0 Å². The third-order valence-corrected chi connectivity index (χ3v) is 4.87. The zero-order chi connectivity index (χ0) is 20.1. The molecule has 4 aromatic rings. The van der Waals surface area contributed by atoms with Gasteiger partial charge in [-0.25, -0.2) is 9.20 Å². The molecule has 0 amide bonds. The summed E-state index contributed by atoms with van der Waals surface area (Å²) in [4.78, 5) is 12.3. The highest BCUT2D eigenvalue weighted by atomic mass is 16.1. The Morgan fingerprint density at radius 3 is 2.55 bits per heavy atom. The highest BCUT2D eigenvalue weighted by molar-refractivity contribution is 5.90. The molecule has 3 aromatic heterocycles. The highest BCUT2D eigenvalue weighted by Crippen LogP contribution is 2.33. The lowest BCUT2D eigenvalue weighted by atomic mass is 10.0. The van der Waals surface area contributed by atoms with Crippen molar-refractivity contribution in [2.45, 2.75) is 32.2 Å². The van der Waals surface area contributed by atoms with E-state index in [-0.39, 0.29) is 5.56 Å². The van der Waals surface area contributed by atoms with E-state index in [9.17, 15) is 4.79 Å². The topological polar surface area (TPSA) is 76.0 Å². The van der Waals surface area contributed by atoms with Crippen LogP contribution in [0, 0.1) is 11.3 Å². The Balaban J connectivity index is 1.76. The molecule has 1 aromatic carbocycles. The van der Waals surface area contributed by atoms with Gasteiger partial charge in [-0.1, -0.05) is 42.8 Å². The lowest BCUT2D eigenvalue weighted by Gasteiger charge is -2.08. The normalized spacial score (nSPS) is 10.9. The van der Waals surface area contributed by atoms with Crippen molar-refractivity contribution < 1.29 is 0 Å². The van der Waals surface area contributed by atoms with E-state index >= 15 is 0 Å². The number of pyridine rings is 1. The molecule has 6 heteroatoms. The van der Waals surface area contributed by atoms with Gasteiger partial charge >= 0.3 is 0 Å². The van der Waals surface area contributed by atoms with Gasteiger partial charge in [0.1, 0.15) is 5.69 Å². The zero-order valence-corrected chi connectivity index (χ0v) is 16.0. The summed E-state index contributed by atoms with van der Waals surface area (Å²) in [5.74, 6) is 0. The van der Waals surface area contributed by atoms with Gasteiger partial charge in [-0.05, 0) is 31.0 Å². The molecule has 0 aliphatic rings. The standard InChI is InChI=1S/C23H21N5O/c24-15-7-1-2-8-17-28-21(29)14-13-19(25-28)22-20-12-6-9-16-27(20)26-23(22)18-10-4-3-5-11-18/h3-6,9-14,16H,1-2,7-8,17H2. The predicted octanol–water partition coefficient (Wildman–Crippen LogP) is 4.31. The number of unbranched alkanes of at least 4 members (excludes halogenated alkanes) is 3. The van der Waals surface area contributed by atoms with Gasteiger partial charge in [-0.2, -0.15) is 15.5 Å². The minimum Gasteiger partial charge on any atom is -0.268 e. The van der Waals surface area contributed by atoms with Crippen LogP contribution in [0.1, 0.15) is 25.7 Å². The monoisotopic (exact) mass is 383 g/mol. The largest absolute Gasteiger partial charge is 0.268 e. The summed E-state index contributed by atoms with van der Waals surface area (Å²) in [6.07, 6.45) is 5.02. The Morgan fingerprint density at radius 2 is 1.72 bits per heavy atom. The summed E-state index contributed by atoms with van der Waals surface area (Å²) in [5.41, 5.74) is 4.30. The van der Waals surface area contributed by atoms with E-state index < -0.39 is 0 Å². The summed E-state index contributed by atoms with van der Waals surface area (Å²) >= 11 is 0. The van der Waals surface area contributed by atoms with Crippen LogP contribution < -0.4 is 5.56 Å². The van der Waals surface area contributed by atoms with Crippen LogP contribution in [0.3, 0.4) is 0 Å². The number of hydrogen-bond donors (Lipinski definition) is 0. The van der Waals surface area contributed by atoms with Gasteiger partial charge in [-0.3, -0.25) is 4.79 Å². The summed E-state index contributed by atoms with van der Waals surface area (Å²) < 4.78 is 3.36. The van der Waals surface area contributed by atoms with Crippen molar-refractivity contribution in [2.24, 2.45) is 0 Å². The molecule has 0 spiro atoms. The SMILES string of the molecule is N#CCCCCCn1nc(-c2c(-c3ccccc3)nn3ccccc23)ccc1=O. The van der Waals surface area contributed by atoms with Crippen LogP contribution in [-0.4, -0.2) is 19.4 Å². The lowest BCUT2D eigenvalue weighted by molar-refractivity contribution is 0.525. The van der Waals surface area contributed by atoms with Gasteiger partial charge < -0.3 is 0 Å². The average Bonchev–Trinajstić information content (AvgIpc) is 3.15. The summed E-state index contributed by atoms with van der Waals surface area (Å²) in [6, 6.07) is 21.4. The van der Waals surface area contributed by atoms with Crippen molar-refractivity contribution in [1.82, 2.24) is 19.4 Å². The lowest BCUT2D eigenvalue weighted by Crippen LogP contribution is -2.22. The van der Waals surface area contributed by atoms with Crippen molar-refractivity contribution in [3.63, 3.8) is 0 Å². The molecule has 0 aliphatic heterocycles. The predicted molar refractivity (Wildman–Crippen MR) is 112 cm³/mol. The molecule has 0 unspecified atom stereocenters. The average molecular weight is 383 g/mol. The molecular formula is C23H21N5O. The first-order valence-corrected chi connectivity index (χ1v) is 9.76. The van der Waals surface area contributed by atoms with E-state index in [1.165, 1.54) is 4.68 Å². The Morgan fingerprint density at radius 1 is 0.897 bits per heavy atom. The third-order valence-electron chi connectivity index (χ3n) is 4.87. The summed E-state index contributed by atoms with van der Waals surface area (Å²) in [5, 5.41) is 18.1. The molecule has 0 radical (unpaired) electrons. The first-order chi connectivity index (χ1) is 14.3. The smallest absolute Gasteiger partial charge is 0.266 e. The number of nitrogens with zero attached hydrogens (tertiary/aromatic N) is 5. The molecule has 0 aliphatic carbocycles. The molecule has 0 bridgehead atoms. The number of benzene rings is 1. The van der Waals surface area contributed by atoms with E-state index in [0.717, 1.165) is 47.3 Å². The molecule has 144 valence electrons. The first kappa shape index (κ1) is 18.6. The molecule has 0 fully saturated rings. The molecule has 0 N–H and O–H groups in total. The molecule has 0 atom stereocenters. The molecule has 0 saturated carbocycles. The van der Waals surface area contributed by atoms with E-state index in [0.29, 0.717) is 13.0 Å². The number of aryl methyl sites for hydroxylation is 1. The fourth-order valence-corrected chi connectivity index (χ4v) is 3.43. The van der Waals surface area contributed by atoms with Crippen LogP contribution in [0.25, 0.3) is 28.0 Å². The maximum Gasteiger partial charge on any atom is 0.266 e. The van der Waals surface area contributed by atoms with Crippen molar-refractivity contribution in [1.29, 1.82) is 5.26 Å². The second-order valence-corrected chi connectivity index (χ2v) is 6.87. The molecule has 3 heterocycles. The van der Waals surface area contributed by atoms with Gasteiger partial charge in [0.15, 0.2) is 0 Å². The van der Waals surface area contributed by atoms with Crippen molar-refractivity contribution in [3.05, 3.63) is 77.2 Å². The van der Waals surface area contributed by atoms with Crippen LogP contribution in [0.15, 0.2) is 71.7 Å². The van der Waals surface area contributed by atoms with E-state index in [1.54, 1.807) is 12.1 Å². The summed E-state index contributed by atoms with van der Waals surface area (Å²) in [6.45, 7) is 0.540. The minimum atomic E-state index is -0.119. The Bertz CT molecular complexity index is 1220. The summed E-state index contributed by atoms with van der Waals surface area (Å²) in [7, 11) is 0. The Kier molecular flexibility index (Phi) is 5.48. The van der Waals surface area contributed by atoms with Gasteiger partial charge in [0.25, 0.3) is 5.56 Å². The van der Waals surface area contributed by atoms with Gasteiger partial charge in [-0.15, -0.1) is 0 Å². The number of rotatable bonds is 7. The number of nitriles is 1. The molecule has 4 rings (SSSR count). The number of fused-ring (bicyclic) bond motifs is 1. The Labute approximate surface area is 168 Å². The fraction of sp³-hybridized carbons (Fsp3) is 0.217. The second-order valence-electron chi connectivity index (χ2n) is 6.87. The van der Waals surface area contributed by atoms with Crippen molar-refractivity contribution in [3.8, 4) is 28.6 Å². The van der Waals surface area contributed by atoms with Crippen LogP contribution >= 0.6 is 0 Å². The maximum absolute atomic E-state index is 12.3. The van der Waals surface area contributed by atoms with E-state index in [2.05, 4.69) is 11.2 Å². The third kappa shape index (κ3) is 3.94. The molecule has 29 heavy (non-hydrogen) atoms. The fourth-order valence-electron chi connectivity index (χ4n) is 3.43. The number of hydrogen-bond acceptors (Lipinski definition) is 4. The van der Waals surface area contributed by atoms with Gasteiger partial charge in [0.05, 0.1) is 22.8 Å². The molecule has 0 saturated heterocycles. The van der Waals surface area contributed by atoms with E-state index in [4.69, 9.17) is 10.4 Å². The van der Waals surface area contributed by atoms with Crippen LogP contribution in [-0.2, 0) is 6.54 Å². The minimum absolute atomic E-state index is 0.119. The van der Waals surface area contributed by atoms with Crippen molar-refractivity contribution in [2.75, 3.05) is 0 Å². The highest BCUT2D eigenvalue weighted by Gasteiger charge is 2.18. The van der Waals surface area contributed by atoms with E-state index in [1.807, 2.05) is 59.2 Å². The second kappa shape index (κ2) is 8.53. The van der Waals surface area contributed by atoms with Crippen LogP contribution in [0.5, 0.6) is 0 Å². The molecule has 6 nitrogen and oxygen atoms in total. The number of aromatic nitrogens is 4. The zero-order valence-electron chi connectivity index (χ0n) is 16.0. The quantitative estimate of drug-likeness (QED) is 0.446.